The van der Waals surface area contributed by atoms with Gasteiger partial charge in [-0.15, -0.1) is 6.42 Å². The van der Waals surface area contributed by atoms with Crippen molar-refractivity contribution >= 4 is 33.6 Å². The molecule has 2 aromatic heterocycles. The minimum atomic E-state index is -0.988. The van der Waals surface area contributed by atoms with E-state index in [4.69, 9.17) is 25.6 Å². The van der Waals surface area contributed by atoms with Gasteiger partial charge >= 0.3 is 12.1 Å². The molecule has 2 unspecified atom stereocenters. The number of hydrogen-bond acceptors (Lipinski definition) is 9. The maximum absolute atomic E-state index is 17.1. The smallest absolute Gasteiger partial charge is 0.407 e. The van der Waals surface area contributed by atoms with Crippen LogP contribution in [0.5, 0.6) is 11.8 Å². The highest BCUT2D eigenvalue weighted by molar-refractivity contribution is 6.03. The number of amides is 1. The van der Waals surface area contributed by atoms with Crippen LogP contribution in [-0.2, 0) is 4.74 Å². The average Bonchev–Trinajstić information content (AvgIpc) is 3.68. The van der Waals surface area contributed by atoms with Gasteiger partial charge in [-0.1, -0.05) is 30.2 Å². The molecule has 4 aliphatic rings. The van der Waals surface area contributed by atoms with Gasteiger partial charge in [-0.2, -0.15) is 9.97 Å². The Morgan fingerprint density at radius 1 is 1.18 bits per heavy atom. The number of rotatable bonds is 8. The maximum atomic E-state index is 17.1. The number of hydrogen-bond donors (Lipinski definition) is 1. The topological polar surface area (TPSA) is 113 Å². The zero-order valence-electron chi connectivity index (χ0n) is 27.6. The van der Waals surface area contributed by atoms with Crippen LogP contribution in [0, 0.1) is 18.2 Å². The molecule has 1 amide bonds. The molecule has 50 heavy (non-hydrogen) atoms. The van der Waals surface area contributed by atoms with E-state index in [1.165, 1.54) is 18.2 Å². The molecular weight excluding hydrogens is 646 g/mol. The van der Waals surface area contributed by atoms with E-state index in [-0.39, 0.29) is 42.7 Å². The molecule has 0 radical (unpaired) electrons. The fourth-order valence-corrected chi connectivity index (χ4v) is 8.47. The average molecular weight is 683 g/mol. The SMILES string of the molecule is C#Cc1cccc2cc(OCOC)cc(-c3ncc4c(N5C[C@H]6CC[C@@H](C5)N6C(=O)O)nc(OCC56CC(=C)CN5CC(F)C6)nc4c3F)c12. The van der Waals surface area contributed by atoms with E-state index < -0.39 is 23.6 Å². The van der Waals surface area contributed by atoms with Gasteiger partial charge < -0.3 is 24.2 Å². The minimum Gasteiger partial charge on any atom is -0.468 e. The van der Waals surface area contributed by atoms with E-state index in [1.807, 2.05) is 17.0 Å². The van der Waals surface area contributed by atoms with Crippen molar-refractivity contribution < 1.29 is 32.9 Å². The first-order valence-electron chi connectivity index (χ1n) is 16.6. The molecule has 13 heteroatoms. The third-order valence-corrected chi connectivity index (χ3v) is 10.5. The summed E-state index contributed by atoms with van der Waals surface area (Å²) in [5.74, 6) is 2.83. The largest absolute Gasteiger partial charge is 0.468 e. The third-order valence-electron chi connectivity index (χ3n) is 10.5. The Labute approximate surface area is 287 Å². The van der Waals surface area contributed by atoms with Crippen LogP contribution >= 0.6 is 0 Å². The minimum absolute atomic E-state index is 0.00681. The highest BCUT2D eigenvalue weighted by Crippen LogP contribution is 2.43. The van der Waals surface area contributed by atoms with E-state index in [2.05, 4.69) is 27.4 Å². The second-order valence-electron chi connectivity index (χ2n) is 13.7. The van der Waals surface area contributed by atoms with Gasteiger partial charge in [0.1, 0.15) is 35.6 Å². The van der Waals surface area contributed by atoms with Crippen molar-refractivity contribution in [1.82, 2.24) is 24.8 Å². The third kappa shape index (κ3) is 5.34. The molecular formula is C37H36F2N6O5. The Morgan fingerprint density at radius 2 is 1.98 bits per heavy atom. The van der Waals surface area contributed by atoms with E-state index in [0.717, 1.165) is 23.8 Å². The van der Waals surface area contributed by atoms with Gasteiger partial charge in [0.2, 0.25) is 0 Å². The lowest BCUT2D eigenvalue weighted by molar-refractivity contribution is 0.0512. The molecule has 8 rings (SSSR count). The molecule has 0 saturated carbocycles. The molecule has 11 nitrogen and oxygen atoms in total. The summed E-state index contributed by atoms with van der Waals surface area (Å²) in [6.45, 7) is 5.85. The Balaban J connectivity index is 1.26. The molecule has 4 saturated heterocycles. The standard InChI is InChI=1S/C37H36F2N6O5/c1-4-22-6-5-7-23-10-27(50-20-48-3)11-28(30(22)23)32-31(39)33-29(14-40-32)34(43-17-25-8-9-26(18-43)45(25)36(46)47)42-35(41-33)49-19-37-12-21(2)15-44(37)16-24(38)13-37/h1,5-7,10-11,14,24-26H,2,8-9,12-13,15-20H2,3H3,(H,46,47)/t24?,25-,26+,37?. The van der Waals surface area contributed by atoms with Crippen LogP contribution in [0.1, 0.15) is 31.2 Å². The summed E-state index contributed by atoms with van der Waals surface area (Å²) < 4.78 is 48.9. The number of fused-ring (bicyclic) bond motifs is 5. The fourth-order valence-electron chi connectivity index (χ4n) is 8.47. The zero-order valence-corrected chi connectivity index (χ0v) is 27.6. The number of aromatic nitrogens is 3. The molecule has 0 spiro atoms. The van der Waals surface area contributed by atoms with Crippen LogP contribution in [0.3, 0.4) is 0 Å². The van der Waals surface area contributed by atoms with Crippen LogP contribution in [0.25, 0.3) is 32.9 Å². The van der Waals surface area contributed by atoms with E-state index in [9.17, 15) is 14.3 Å². The van der Waals surface area contributed by atoms with Crippen LogP contribution in [0.15, 0.2) is 48.7 Å². The Kier molecular flexibility index (Phi) is 7.95. The van der Waals surface area contributed by atoms with Crippen LogP contribution in [0.2, 0.25) is 0 Å². The van der Waals surface area contributed by atoms with Crippen molar-refractivity contribution in [2.24, 2.45) is 0 Å². The van der Waals surface area contributed by atoms with Crippen molar-refractivity contribution in [2.75, 3.05) is 51.6 Å². The number of alkyl halides is 1. The van der Waals surface area contributed by atoms with Crippen LogP contribution in [0.4, 0.5) is 19.4 Å². The van der Waals surface area contributed by atoms with Crippen molar-refractivity contribution in [3.05, 3.63) is 60.1 Å². The summed E-state index contributed by atoms with van der Waals surface area (Å²) in [6.07, 6.45) is 7.81. The molecule has 2 aromatic carbocycles. The number of benzene rings is 2. The summed E-state index contributed by atoms with van der Waals surface area (Å²) in [7, 11) is 1.51. The van der Waals surface area contributed by atoms with Gasteiger partial charge in [0.25, 0.3) is 0 Å². The predicted molar refractivity (Wildman–Crippen MR) is 183 cm³/mol. The van der Waals surface area contributed by atoms with Gasteiger partial charge in [0.05, 0.1) is 23.0 Å². The highest BCUT2D eigenvalue weighted by Gasteiger charge is 2.51. The number of carbonyl (C=O) groups is 1. The fraction of sp³-hybridized carbons (Fsp3) is 0.405. The van der Waals surface area contributed by atoms with Crippen molar-refractivity contribution in [3.8, 4) is 35.4 Å². The lowest BCUT2D eigenvalue weighted by Gasteiger charge is -2.40. The summed E-state index contributed by atoms with van der Waals surface area (Å²) in [4.78, 5) is 31.6. The van der Waals surface area contributed by atoms with E-state index in [0.29, 0.717) is 72.5 Å². The number of ether oxygens (including phenoxy) is 3. The summed E-state index contributed by atoms with van der Waals surface area (Å²) in [5, 5.41) is 11.6. The van der Waals surface area contributed by atoms with Crippen LogP contribution in [-0.4, -0.2) is 106 Å². The summed E-state index contributed by atoms with van der Waals surface area (Å²) in [6, 6.07) is 8.41. The Hall–Kier alpha value is -5.06. The van der Waals surface area contributed by atoms with Gasteiger partial charge in [-0.05, 0) is 42.8 Å². The number of carboxylic acid groups (broad SMARTS) is 1. The monoisotopic (exact) mass is 682 g/mol. The molecule has 4 fully saturated rings. The first kappa shape index (κ1) is 32.2. The number of pyridine rings is 1. The van der Waals surface area contributed by atoms with Crippen molar-refractivity contribution in [2.45, 2.75) is 49.5 Å². The van der Waals surface area contributed by atoms with Gasteiger partial charge in [0, 0.05) is 62.4 Å². The maximum Gasteiger partial charge on any atom is 0.407 e. The lowest BCUT2D eigenvalue weighted by atomic mass is 9.93. The second kappa shape index (κ2) is 12.4. The van der Waals surface area contributed by atoms with Gasteiger partial charge in [-0.3, -0.25) is 14.8 Å². The normalized spacial score (nSPS) is 24.6. The molecule has 258 valence electrons. The molecule has 6 heterocycles. The number of halogens is 2. The quantitative estimate of drug-likeness (QED) is 0.147. The molecule has 0 aliphatic carbocycles. The lowest BCUT2D eigenvalue weighted by Crippen LogP contribution is -2.55. The molecule has 2 bridgehead atoms. The molecule has 4 aliphatic heterocycles. The number of nitrogens with zero attached hydrogens (tertiary/aromatic N) is 6. The van der Waals surface area contributed by atoms with E-state index in [1.54, 1.807) is 18.2 Å². The van der Waals surface area contributed by atoms with Crippen molar-refractivity contribution in [1.29, 1.82) is 0 Å². The Morgan fingerprint density at radius 3 is 2.72 bits per heavy atom. The second-order valence-corrected chi connectivity index (χ2v) is 13.7. The van der Waals surface area contributed by atoms with Gasteiger partial charge in [-0.25, -0.2) is 13.6 Å². The summed E-state index contributed by atoms with van der Waals surface area (Å²) >= 11 is 0. The zero-order chi connectivity index (χ0) is 34.7. The first-order valence-corrected chi connectivity index (χ1v) is 16.6. The summed E-state index contributed by atoms with van der Waals surface area (Å²) in [5.41, 5.74) is 1.38. The predicted octanol–water partition coefficient (Wildman–Crippen LogP) is 5.40. The molecule has 1 N–H and O–H groups in total. The van der Waals surface area contributed by atoms with Crippen molar-refractivity contribution in [3.63, 3.8) is 0 Å². The molecule has 4 atom stereocenters. The van der Waals surface area contributed by atoms with Crippen LogP contribution < -0.4 is 14.4 Å². The first-order chi connectivity index (χ1) is 24.2. The van der Waals surface area contributed by atoms with E-state index >= 15 is 4.39 Å². The molecule has 4 aromatic rings. The van der Waals surface area contributed by atoms with Gasteiger partial charge in [0.15, 0.2) is 12.6 Å². The number of terminal acetylenes is 1. The number of anilines is 1. The number of methoxy groups -OCH3 is 1. The highest BCUT2D eigenvalue weighted by atomic mass is 19.1. The Bertz CT molecular complexity index is 2080. The number of piperazine rings is 1.